The molecule has 37 heavy (non-hydrogen) atoms. The van der Waals surface area contributed by atoms with Crippen LogP contribution in [-0.4, -0.2) is 66.7 Å². The minimum absolute atomic E-state index is 0. The molecule has 14 heteroatoms. The van der Waals surface area contributed by atoms with Crippen molar-refractivity contribution in [2.24, 2.45) is 0 Å². The molecule has 5 rings (SSSR count). The average Bonchev–Trinajstić information content (AvgIpc) is 3.34. The fourth-order valence-corrected chi connectivity index (χ4v) is 5.08. The number of ether oxygens (including phenoxy) is 2. The average molecular weight is 559 g/mol. The van der Waals surface area contributed by atoms with Gasteiger partial charge in [-0.2, -0.15) is 4.98 Å². The third-order valence-electron chi connectivity index (χ3n) is 5.96. The van der Waals surface area contributed by atoms with Crippen molar-refractivity contribution in [2.45, 2.75) is 25.2 Å². The quantitative estimate of drug-likeness (QED) is 0.419. The van der Waals surface area contributed by atoms with Crippen molar-refractivity contribution in [3.63, 3.8) is 0 Å². The number of benzene rings is 1. The number of aromatic nitrogens is 3. The van der Waals surface area contributed by atoms with Crippen molar-refractivity contribution in [1.29, 1.82) is 0 Å². The zero-order valence-corrected chi connectivity index (χ0v) is 21.3. The van der Waals surface area contributed by atoms with E-state index in [1.54, 1.807) is 5.38 Å². The number of anilines is 2. The van der Waals surface area contributed by atoms with E-state index >= 15 is 0 Å². The second kappa shape index (κ2) is 11.7. The molecule has 3 N–H and O–H groups in total. The summed E-state index contributed by atoms with van der Waals surface area (Å²) in [5.74, 6) is 0.632. The van der Waals surface area contributed by atoms with E-state index < -0.39 is 6.36 Å². The van der Waals surface area contributed by atoms with Crippen molar-refractivity contribution in [3.8, 4) is 27.6 Å². The van der Waals surface area contributed by atoms with Gasteiger partial charge in [-0.3, -0.25) is 9.78 Å². The summed E-state index contributed by atoms with van der Waals surface area (Å²) in [5.41, 5.74) is 1.17. The van der Waals surface area contributed by atoms with Crippen LogP contribution in [0.5, 0.6) is 5.75 Å². The van der Waals surface area contributed by atoms with E-state index in [0.29, 0.717) is 59.9 Å². The Balaban J connectivity index is 0.00000320. The van der Waals surface area contributed by atoms with E-state index in [0.717, 1.165) is 25.9 Å². The van der Waals surface area contributed by atoms with Crippen LogP contribution in [0.3, 0.4) is 0 Å². The van der Waals surface area contributed by atoms with Gasteiger partial charge in [0.25, 0.3) is 5.56 Å². The molecule has 9 nitrogen and oxygen atoms in total. The Labute approximate surface area is 220 Å². The third-order valence-corrected chi connectivity index (χ3v) is 6.82. The van der Waals surface area contributed by atoms with Gasteiger partial charge in [-0.15, -0.1) is 36.9 Å². The highest BCUT2D eigenvalue weighted by molar-refractivity contribution is 7.13. The summed E-state index contributed by atoms with van der Waals surface area (Å²) >= 11 is 1.27. The maximum Gasteiger partial charge on any atom is 0.573 e. The van der Waals surface area contributed by atoms with Gasteiger partial charge in [0.15, 0.2) is 0 Å². The van der Waals surface area contributed by atoms with Crippen molar-refractivity contribution in [3.05, 3.63) is 40.0 Å². The number of piperidine rings is 1. The Morgan fingerprint density at radius 3 is 2.59 bits per heavy atom. The molecule has 1 aromatic carbocycles. The first-order valence-corrected chi connectivity index (χ1v) is 12.5. The maximum absolute atomic E-state index is 13.3. The van der Waals surface area contributed by atoms with E-state index in [4.69, 9.17) is 9.72 Å². The summed E-state index contributed by atoms with van der Waals surface area (Å²) in [7, 11) is 0. The van der Waals surface area contributed by atoms with Crippen LogP contribution in [-0.2, 0) is 4.74 Å². The molecule has 0 spiro atoms. The van der Waals surface area contributed by atoms with Gasteiger partial charge >= 0.3 is 6.36 Å². The van der Waals surface area contributed by atoms with Crippen LogP contribution in [0.4, 0.5) is 24.9 Å². The number of hydrogen-bond donors (Lipinski definition) is 3. The first kappa shape index (κ1) is 27.2. The van der Waals surface area contributed by atoms with E-state index in [9.17, 15) is 18.0 Å². The highest BCUT2D eigenvalue weighted by Crippen LogP contribution is 2.33. The molecule has 0 radical (unpaired) electrons. The number of nitrogens with one attached hydrogen (secondary N) is 3. The largest absolute Gasteiger partial charge is 0.573 e. The number of halogens is 4. The Bertz CT molecular complexity index is 1240. The van der Waals surface area contributed by atoms with Gasteiger partial charge in [-0.05, 0) is 43.7 Å². The molecule has 0 amide bonds. The highest BCUT2D eigenvalue weighted by Gasteiger charge is 2.31. The predicted molar refractivity (Wildman–Crippen MR) is 138 cm³/mol. The molecule has 4 heterocycles. The second-order valence-electron chi connectivity index (χ2n) is 8.51. The molecule has 2 saturated heterocycles. The van der Waals surface area contributed by atoms with Crippen molar-refractivity contribution < 1.29 is 22.6 Å². The number of hydrogen-bond acceptors (Lipinski definition) is 9. The summed E-state index contributed by atoms with van der Waals surface area (Å²) in [6, 6.07) is 5.57. The highest BCUT2D eigenvalue weighted by atomic mass is 35.5. The monoisotopic (exact) mass is 558 g/mol. The van der Waals surface area contributed by atoms with Crippen LogP contribution < -0.4 is 25.8 Å². The minimum atomic E-state index is -4.76. The van der Waals surface area contributed by atoms with E-state index in [1.165, 1.54) is 35.6 Å². The lowest BCUT2D eigenvalue weighted by Gasteiger charge is -2.29. The predicted octanol–water partition coefficient (Wildman–Crippen LogP) is 3.88. The lowest BCUT2D eigenvalue weighted by Crippen LogP contribution is -2.40. The Morgan fingerprint density at radius 2 is 1.92 bits per heavy atom. The van der Waals surface area contributed by atoms with Gasteiger partial charge in [-0.25, -0.2) is 4.98 Å². The SMILES string of the molecule is Cl.O=c1[nH]c(N2CCOCC2)nc(N[C@@H]2CCCNC2)c1-c1nc(-c2ccc(OC(F)(F)F)cc2)cs1. The smallest absolute Gasteiger partial charge is 0.406 e. The Hall–Kier alpha value is -2.87. The maximum atomic E-state index is 13.3. The summed E-state index contributed by atoms with van der Waals surface area (Å²) < 4.78 is 46.7. The molecule has 3 aromatic rings. The van der Waals surface area contributed by atoms with Gasteiger partial charge < -0.3 is 25.0 Å². The zero-order valence-electron chi connectivity index (χ0n) is 19.6. The van der Waals surface area contributed by atoms with Crippen LogP contribution in [0, 0.1) is 0 Å². The number of thiazole rings is 1. The molecule has 2 aliphatic rings. The fraction of sp³-hybridized carbons (Fsp3) is 0.435. The lowest BCUT2D eigenvalue weighted by molar-refractivity contribution is -0.274. The molecule has 2 aliphatic heterocycles. The molecule has 0 saturated carbocycles. The van der Waals surface area contributed by atoms with Gasteiger partial charge in [0.1, 0.15) is 22.1 Å². The summed E-state index contributed by atoms with van der Waals surface area (Å²) in [6.45, 7) is 4.09. The van der Waals surface area contributed by atoms with E-state index in [2.05, 4.69) is 25.3 Å². The number of alkyl halides is 3. The van der Waals surface area contributed by atoms with Crippen LogP contribution in [0.25, 0.3) is 21.8 Å². The van der Waals surface area contributed by atoms with E-state index in [1.807, 2.05) is 4.90 Å². The first-order valence-electron chi connectivity index (χ1n) is 11.6. The molecular formula is C23H26ClF3N6O3S. The summed E-state index contributed by atoms with van der Waals surface area (Å²) in [6.07, 6.45) is -2.79. The van der Waals surface area contributed by atoms with Gasteiger partial charge in [0, 0.05) is 36.6 Å². The first-order chi connectivity index (χ1) is 17.4. The molecule has 2 fully saturated rings. The van der Waals surface area contributed by atoms with Crippen LogP contribution in [0.15, 0.2) is 34.4 Å². The zero-order chi connectivity index (χ0) is 25.1. The molecule has 200 valence electrons. The topological polar surface area (TPSA) is 104 Å². The fourth-order valence-electron chi connectivity index (χ4n) is 4.21. The third kappa shape index (κ3) is 6.72. The number of nitrogens with zero attached hydrogens (tertiary/aromatic N) is 3. The molecule has 0 bridgehead atoms. The van der Waals surface area contributed by atoms with Crippen molar-refractivity contribution in [1.82, 2.24) is 20.3 Å². The Morgan fingerprint density at radius 1 is 1.16 bits per heavy atom. The molecular weight excluding hydrogens is 533 g/mol. The minimum Gasteiger partial charge on any atom is -0.406 e. The number of rotatable bonds is 6. The molecule has 0 unspecified atom stereocenters. The van der Waals surface area contributed by atoms with Gasteiger partial charge in [0.05, 0.1) is 18.9 Å². The number of aromatic amines is 1. The van der Waals surface area contributed by atoms with Crippen LogP contribution in [0.2, 0.25) is 0 Å². The van der Waals surface area contributed by atoms with Gasteiger partial charge in [0.2, 0.25) is 5.95 Å². The summed E-state index contributed by atoms with van der Waals surface area (Å²) in [4.78, 5) is 27.6. The lowest BCUT2D eigenvalue weighted by atomic mass is 10.1. The van der Waals surface area contributed by atoms with E-state index in [-0.39, 0.29) is 29.8 Å². The summed E-state index contributed by atoms with van der Waals surface area (Å²) in [5, 5.41) is 9.02. The molecule has 0 aliphatic carbocycles. The van der Waals surface area contributed by atoms with Crippen LogP contribution >= 0.6 is 23.7 Å². The number of H-pyrrole nitrogens is 1. The van der Waals surface area contributed by atoms with Crippen molar-refractivity contribution >= 4 is 35.5 Å². The Kier molecular flexibility index (Phi) is 8.57. The molecule has 2 aromatic heterocycles. The number of morpholine rings is 1. The van der Waals surface area contributed by atoms with Crippen LogP contribution in [0.1, 0.15) is 12.8 Å². The van der Waals surface area contributed by atoms with Crippen molar-refractivity contribution in [2.75, 3.05) is 49.6 Å². The molecule has 1 atom stereocenters. The normalized spacial score (nSPS) is 18.2. The standard InChI is InChI=1S/C23H25F3N6O3S.ClH/c24-23(25,26)35-16-5-3-14(4-6-16)17-13-36-21(29-17)18-19(28-15-2-1-7-27-12-15)30-22(31-20(18)33)32-8-10-34-11-9-32;/h3-6,13,15,27H,1-2,7-12H2,(H2,28,30,31,33);1H/t15-;/m1./s1. The second-order valence-corrected chi connectivity index (χ2v) is 9.37. The van der Waals surface area contributed by atoms with Gasteiger partial charge in [-0.1, -0.05) is 0 Å².